The van der Waals surface area contributed by atoms with Crippen molar-refractivity contribution in [2.45, 2.75) is 0 Å². The first-order chi connectivity index (χ1) is 15.3. The molecule has 12 heteroatoms. The van der Waals surface area contributed by atoms with Gasteiger partial charge in [-0.1, -0.05) is 46.4 Å². The van der Waals surface area contributed by atoms with E-state index in [0.717, 1.165) is 0 Å². The van der Waals surface area contributed by atoms with Crippen molar-refractivity contribution in [3.8, 4) is 11.3 Å². The van der Waals surface area contributed by atoms with E-state index < -0.39 is 10.8 Å². The van der Waals surface area contributed by atoms with Crippen molar-refractivity contribution in [1.29, 1.82) is 0 Å². The maximum atomic E-state index is 10.9. The zero-order valence-electron chi connectivity index (χ0n) is 15.7. The van der Waals surface area contributed by atoms with Gasteiger partial charge >= 0.3 is 5.88 Å². The average molecular weight is 528 g/mol. The molecular weight excluding hydrogens is 518 g/mol. The Hall–Kier alpha value is -2.62. The number of nitro groups is 1. The van der Waals surface area contributed by atoms with Gasteiger partial charge in [-0.15, -0.1) is 11.3 Å². The highest BCUT2D eigenvalue weighted by Crippen LogP contribution is 2.32. The van der Waals surface area contributed by atoms with Gasteiger partial charge < -0.3 is 4.42 Å². The molecule has 2 heterocycles. The molecule has 0 saturated heterocycles. The fourth-order valence-electron chi connectivity index (χ4n) is 2.67. The number of thiazole rings is 1. The lowest BCUT2D eigenvalue weighted by Gasteiger charge is -2.06. The third kappa shape index (κ3) is 4.90. The molecule has 0 radical (unpaired) electrons. The van der Waals surface area contributed by atoms with Crippen molar-refractivity contribution in [2.24, 2.45) is 10.1 Å². The zero-order valence-corrected chi connectivity index (χ0v) is 19.5. The minimum atomic E-state index is -0.629. The average Bonchev–Trinajstić information content (AvgIpc) is 3.37. The molecular formula is C20H10Cl4N4O3S. The van der Waals surface area contributed by atoms with Crippen LogP contribution in [0.1, 0.15) is 5.76 Å². The molecule has 0 unspecified atom stereocenters. The maximum Gasteiger partial charge on any atom is 0.433 e. The van der Waals surface area contributed by atoms with Gasteiger partial charge in [0.1, 0.15) is 4.92 Å². The molecule has 0 N–H and O–H groups in total. The number of furan rings is 1. The third-order valence-corrected chi connectivity index (χ3v) is 6.03. The lowest BCUT2D eigenvalue weighted by molar-refractivity contribution is -0.402. The fraction of sp³-hybridized carbons (Fsp3) is 0. The van der Waals surface area contributed by atoms with Gasteiger partial charge in [0, 0.05) is 21.0 Å². The molecule has 162 valence electrons. The summed E-state index contributed by atoms with van der Waals surface area (Å²) in [7, 11) is 0. The molecule has 0 saturated carbocycles. The van der Waals surface area contributed by atoms with E-state index in [2.05, 4.69) is 10.1 Å². The van der Waals surface area contributed by atoms with Crippen LogP contribution >= 0.6 is 57.7 Å². The zero-order chi connectivity index (χ0) is 22.8. The molecule has 2 aromatic carbocycles. The maximum absolute atomic E-state index is 10.9. The molecule has 4 rings (SSSR count). The Labute approximate surface area is 204 Å². The summed E-state index contributed by atoms with van der Waals surface area (Å²) in [4.78, 5) is 15.3. The fourth-order valence-corrected chi connectivity index (χ4v) is 4.34. The summed E-state index contributed by atoms with van der Waals surface area (Å²) in [5.74, 6) is -0.202. The largest absolute Gasteiger partial charge is 0.433 e. The highest BCUT2D eigenvalue weighted by molar-refractivity contribution is 7.07. The van der Waals surface area contributed by atoms with Gasteiger partial charge in [0.2, 0.25) is 4.80 Å². The molecule has 0 amide bonds. The normalized spacial score (nSPS) is 12.1. The summed E-state index contributed by atoms with van der Waals surface area (Å²) >= 11 is 26.1. The molecule has 0 bridgehead atoms. The van der Waals surface area contributed by atoms with Crippen LogP contribution in [-0.4, -0.2) is 15.8 Å². The molecule has 4 aromatic rings. The standard InChI is InChI=1S/C20H10Cl4N4O3S/c21-11-1-4-15(23)14(7-11)18-10-32-20(26-17-5-2-12(22)8-16(17)24)27(18)25-9-13-3-6-19(31-13)28(29)30/h1-10H. The number of hydrogen-bond acceptors (Lipinski definition) is 6. The lowest BCUT2D eigenvalue weighted by atomic mass is 10.2. The number of hydrogen-bond donors (Lipinski definition) is 0. The molecule has 0 aliphatic carbocycles. The Balaban J connectivity index is 1.88. The van der Waals surface area contributed by atoms with E-state index in [9.17, 15) is 10.1 Å². The topological polar surface area (TPSA) is 85.9 Å². The Bertz CT molecular complexity index is 1420. The number of rotatable bonds is 5. The second-order valence-corrected chi connectivity index (χ2v) is 8.75. The van der Waals surface area contributed by atoms with Crippen LogP contribution in [0.4, 0.5) is 11.6 Å². The second kappa shape index (κ2) is 9.48. The van der Waals surface area contributed by atoms with Crippen LogP contribution in [-0.2, 0) is 0 Å². The summed E-state index contributed by atoms with van der Waals surface area (Å²) < 4.78 is 6.67. The van der Waals surface area contributed by atoms with E-state index in [1.165, 1.54) is 34.4 Å². The van der Waals surface area contributed by atoms with Crippen LogP contribution in [0.15, 0.2) is 68.4 Å². The summed E-state index contributed by atoms with van der Waals surface area (Å²) in [6.07, 6.45) is 1.34. The Morgan fingerprint density at radius 1 is 1.00 bits per heavy atom. The van der Waals surface area contributed by atoms with Crippen LogP contribution in [0, 0.1) is 10.1 Å². The van der Waals surface area contributed by atoms with E-state index in [0.29, 0.717) is 41.8 Å². The van der Waals surface area contributed by atoms with Gasteiger partial charge in [-0.05, 0) is 42.5 Å². The van der Waals surface area contributed by atoms with Crippen LogP contribution in [0.5, 0.6) is 0 Å². The third-order valence-electron chi connectivity index (χ3n) is 4.11. The highest BCUT2D eigenvalue weighted by atomic mass is 35.5. The summed E-state index contributed by atoms with van der Waals surface area (Å²) in [5, 5.41) is 18.9. The van der Waals surface area contributed by atoms with Crippen molar-refractivity contribution in [1.82, 2.24) is 4.68 Å². The van der Waals surface area contributed by atoms with Crippen LogP contribution < -0.4 is 4.80 Å². The van der Waals surface area contributed by atoms with E-state index in [-0.39, 0.29) is 5.76 Å². The smallest absolute Gasteiger partial charge is 0.400 e. The van der Waals surface area contributed by atoms with Gasteiger partial charge in [-0.3, -0.25) is 10.1 Å². The lowest BCUT2D eigenvalue weighted by Crippen LogP contribution is -2.11. The van der Waals surface area contributed by atoms with Crippen LogP contribution in [0.25, 0.3) is 11.3 Å². The molecule has 7 nitrogen and oxygen atoms in total. The molecule has 2 aromatic heterocycles. The van der Waals surface area contributed by atoms with Crippen molar-refractivity contribution < 1.29 is 9.34 Å². The van der Waals surface area contributed by atoms with E-state index in [1.807, 2.05) is 5.38 Å². The second-order valence-electron chi connectivity index (χ2n) is 6.22. The minimum absolute atomic E-state index is 0.189. The molecule has 0 fully saturated rings. The number of benzene rings is 2. The van der Waals surface area contributed by atoms with Crippen molar-refractivity contribution in [2.75, 3.05) is 0 Å². The first-order valence-corrected chi connectivity index (χ1v) is 11.2. The first-order valence-electron chi connectivity index (χ1n) is 8.76. The minimum Gasteiger partial charge on any atom is -0.400 e. The first kappa shape index (κ1) is 22.6. The van der Waals surface area contributed by atoms with Gasteiger partial charge in [0.25, 0.3) is 0 Å². The van der Waals surface area contributed by atoms with Crippen molar-refractivity contribution in [3.05, 3.63) is 94.7 Å². The van der Waals surface area contributed by atoms with Gasteiger partial charge in [-0.2, -0.15) is 5.10 Å². The molecule has 0 spiro atoms. The van der Waals surface area contributed by atoms with Crippen LogP contribution in [0.2, 0.25) is 20.1 Å². The summed E-state index contributed by atoms with van der Waals surface area (Å²) in [5.41, 5.74) is 1.71. The number of halogens is 4. The predicted octanol–water partition coefficient (Wildman–Crippen LogP) is 7.45. The monoisotopic (exact) mass is 526 g/mol. The van der Waals surface area contributed by atoms with Gasteiger partial charge in [-0.25, -0.2) is 9.67 Å². The van der Waals surface area contributed by atoms with Crippen LogP contribution in [0.3, 0.4) is 0 Å². The molecule has 0 aliphatic rings. The quantitative estimate of drug-likeness (QED) is 0.153. The van der Waals surface area contributed by atoms with Crippen molar-refractivity contribution >= 4 is 75.5 Å². The van der Waals surface area contributed by atoms with E-state index >= 15 is 0 Å². The number of aromatic nitrogens is 1. The Morgan fingerprint density at radius 2 is 1.75 bits per heavy atom. The molecule has 32 heavy (non-hydrogen) atoms. The van der Waals surface area contributed by atoms with Gasteiger partial charge in [0.15, 0.2) is 5.76 Å². The van der Waals surface area contributed by atoms with E-state index in [1.54, 1.807) is 36.4 Å². The molecule has 0 atom stereocenters. The molecule has 0 aliphatic heterocycles. The van der Waals surface area contributed by atoms with E-state index in [4.69, 9.17) is 50.8 Å². The summed E-state index contributed by atoms with van der Waals surface area (Å²) in [6.45, 7) is 0. The highest BCUT2D eigenvalue weighted by Gasteiger charge is 2.14. The number of nitrogens with zero attached hydrogens (tertiary/aromatic N) is 4. The van der Waals surface area contributed by atoms with Gasteiger partial charge in [0.05, 0.1) is 33.7 Å². The predicted molar refractivity (Wildman–Crippen MR) is 128 cm³/mol. The summed E-state index contributed by atoms with van der Waals surface area (Å²) in [6, 6.07) is 12.7. The SMILES string of the molecule is O=[N+]([O-])c1ccc(C=Nn2c(-c3cc(Cl)ccc3Cl)csc2=Nc2ccc(Cl)cc2Cl)o1. The Kier molecular flexibility index (Phi) is 6.68. The Morgan fingerprint density at radius 3 is 2.47 bits per heavy atom. The van der Waals surface area contributed by atoms with Crippen molar-refractivity contribution in [3.63, 3.8) is 0 Å².